The van der Waals surface area contributed by atoms with Gasteiger partial charge in [-0.3, -0.25) is 9.89 Å². The van der Waals surface area contributed by atoms with Crippen molar-refractivity contribution < 1.29 is 32.6 Å². The molecule has 0 fully saturated rings. The van der Waals surface area contributed by atoms with E-state index in [-0.39, 0.29) is 5.56 Å². The van der Waals surface area contributed by atoms with Crippen LogP contribution in [0.2, 0.25) is 5.02 Å². The number of aromatic amines is 1. The highest BCUT2D eigenvalue weighted by Crippen LogP contribution is 2.37. The molecule has 2 unspecified atom stereocenters. The first-order valence-corrected chi connectivity index (χ1v) is 12.1. The van der Waals surface area contributed by atoms with Crippen molar-refractivity contribution in [1.82, 2.24) is 10.2 Å². The fourth-order valence-electron chi connectivity index (χ4n) is 3.95. The largest absolute Gasteiger partial charge is 0.478 e. The molecule has 11 heteroatoms. The number of aromatic nitrogens is 2. The summed E-state index contributed by atoms with van der Waals surface area (Å²) < 4.78 is 45.2. The highest BCUT2D eigenvalue weighted by Gasteiger charge is 2.31. The van der Waals surface area contributed by atoms with E-state index in [1.165, 1.54) is 36.4 Å². The number of amides is 1. The number of hydrogen-bond acceptors (Lipinski definition) is 4. The Morgan fingerprint density at radius 3 is 2.26 bits per heavy atom. The zero-order valence-electron chi connectivity index (χ0n) is 20.7. The number of alkyl halides is 3. The molecule has 0 aliphatic heterocycles. The second-order valence-electron chi connectivity index (χ2n) is 8.74. The molecule has 202 valence electrons. The predicted molar refractivity (Wildman–Crippen MR) is 140 cm³/mol. The van der Waals surface area contributed by atoms with Crippen molar-refractivity contribution >= 4 is 29.2 Å². The van der Waals surface area contributed by atoms with Crippen LogP contribution < -0.4 is 5.32 Å². The molecular weight excluding hydrogens is 535 g/mol. The van der Waals surface area contributed by atoms with Gasteiger partial charge in [0.2, 0.25) is 0 Å². The SMILES string of the molecule is Cc1c(C(OC(C)C(=O)Nc2ccc(C(=O)O)cc2)c2ccccc2Cl)n[nH]c1-c1ccc(C(F)(F)F)cc1. The van der Waals surface area contributed by atoms with Crippen molar-refractivity contribution in [2.24, 2.45) is 0 Å². The van der Waals surface area contributed by atoms with Crippen molar-refractivity contribution in [2.75, 3.05) is 5.32 Å². The number of anilines is 1. The number of nitrogens with one attached hydrogen (secondary N) is 2. The number of nitrogens with zero attached hydrogens (tertiary/aromatic N) is 1. The minimum absolute atomic E-state index is 0.0777. The Labute approximate surface area is 226 Å². The highest BCUT2D eigenvalue weighted by molar-refractivity contribution is 6.31. The number of carboxylic acids is 1. The van der Waals surface area contributed by atoms with Gasteiger partial charge < -0.3 is 15.2 Å². The van der Waals surface area contributed by atoms with E-state index in [2.05, 4.69) is 15.5 Å². The fourth-order valence-corrected chi connectivity index (χ4v) is 4.19. The summed E-state index contributed by atoms with van der Waals surface area (Å²) >= 11 is 6.47. The van der Waals surface area contributed by atoms with Gasteiger partial charge in [-0.05, 0) is 61.9 Å². The van der Waals surface area contributed by atoms with Gasteiger partial charge >= 0.3 is 12.1 Å². The van der Waals surface area contributed by atoms with Crippen molar-refractivity contribution in [3.63, 3.8) is 0 Å². The van der Waals surface area contributed by atoms with Gasteiger partial charge in [0.15, 0.2) is 0 Å². The van der Waals surface area contributed by atoms with Crippen LogP contribution in [0.3, 0.4) is 0 Å². The normalized spacial score (nSPS) is 13.1. The number of rotatable bonds is 8. The topological polar surface area (TPSA) is 104 Å². The molecule has 0 radical (unpaired) electrons. The Kier molecular flexibility index (Phi) is 8.08. The Balaban J connectivity index is 1.62. The molecule has 0 spiro atoms. The van der Waals surface area contributed by atoms with Gasteiger partial charge in [0.25, 0.3) is 5.91 Å². The van der Waals surface area contributed by atoms with Crippen molar-refractivity contribution in [3.05, 3.63) is 106 Å². The number of aromatic carboxylic acids is 1. The van der Waals surface area contributed by atoms with Crippen LogP contribution in [0.5, 0.6) is 0 Å². The number of ether oxygens (including phenoxy) is 1. The van der Waals surface area contributed by atoms with Gasteiger partial charge in [0.05, 0.1) is 22.5 Å². The molecule has 0 saturated heterocycles. The first kappa shape index (κ1) is 27.9. The molecule has 1 heterocycles. The lowest BCUT2D eigenvalue weighted by molar-refractivity contribution is -0.137. The Morgan fingerprint density at radius 2 is 1.67 bits per heavy atom. The summed E-state index contributed by atoms with van der Waals surface area (Å²) in [5.74, 6) is -1.58. The van der Waals surface area contributed by atoms with E-state index in [1.54, 1.807) is 38.1 Å². The Hall–Kier alpha value is -4.15. The first-order chi connectivity index (χ1) is 18.5. The average Bonchev–Trinajstić information content (AvgIpc) is 3.28. The zero-order valence-corrected chi connectivity index (χ0v) is 21.5. The minimum Gasteiger partial charge on any atom is -0.478 e. The Morgan fingerprint density at radius 1 is 1.03 bits per heavy atom. The van der Waals surface area contributed by atoms with Crippen molar-refractivity contribution in [3.8, 4) is 11.3 Å². The fraction of sp³-hybridized carbons (Fsp3) is 0.179. The lowest BCUT2D eigenvalue weighted by Crippen LogP contribution is -2.30. The number of carbonyl (C=O) groups excluding carboxylic acids is 1. The van der Waals surface area contributed by atoms with Crippen LogP contribution in [0.1, 0.15) is 45.8 Å². The van der Waals surface area contributed by atoms with Gasteiger partial charge in [-0.25, -0.2) is 4.79 Å². The van der Waals surface area contributed by atoms with E-state index >= 15 is 0 Å². The molecule has 7 nitrogen and oxygen atoms in total. The van der Waals surface area contributed by atoms with Gasteiger partial charge in [0, 0.05) is 21.8 Å². The van der Waals surface area contributed by atoms with Gasteiger partial charge in [0.1, 0.15) is 12.2 Å². The molecule has 1 aromatic heterocycles. The number of carboxylic acid groups (broad SMARTS) is 1. The summed E-state index contributed by atoms with van der Waals surface area (Å²) in [5.41, 5.74) is 2.24. The van der Waals surface area contributed by atoms with Crippen LogP contribution in [-0.4, -0.2) is 33.3 Å². The third-order valence-corrected chi connectivity index (χ3v) is 6.44. The Bertz CT molecular complexity index is 1490. The smallest absolute Gasteiger partial charge is 0.416 e. The van der Waals surface area contributed by atoms with Crippen LogP contribution >= 0.6 is 11.6 Å². The molecule has 0 saturated carbocycles. The lowest BCUT2D eigenvalue weighted by atomic mass is 9.99. The number of hydrogen-bond donors (Lipinski definition) is 3. The molecule has 2 atom stereocenters. The van der Waals surface area contributed by atoms with Crippen LogP contribution in [0.4, 0.5) is 18.9 Å². The van der Waals surface area contributed by atoms with E-state index in [4.69, 9.17) is 21.4 Å². The molecular formula is C28H23ClF3N3O4. The van der Waals surface area contributed by atoms with E-state index in [0.29, 0.717) is 38.8 Å². The molecule has 0 bridgehead atoms. The molecule has 3 aromatic carbocycles. The summed E-state index contributed by atoms with van der Waals surface area (Å²) in [4.78, 5) is 24.0. The maximum absolute atomic E-state index is 13.0. The summed E-state index contributed by atoms with van der Waals surface area (Å²) in [6.45, 7) is 3.29. The number of halogens is 4. The first-order valence-electron chi connectivity index (χ1n) is 11.7. The van der Waals surface area contributed by atoms with Crippen LogP contribution in [0.25, 0.3) is 11.3 Å². The maximum atomic E-state index is 13.0. The highest BCUT2D eigenvalue weighted by atomic mass is 35.5. The molecule has 3 N–H and O–H groups in total. The maximum Gasteiger partial charge on any atom is 0.416 e. The zero-order chi connectivity index (χ0) is 28.3. The minimum atomic E-state index is -4.45. The third kappa shape index (κ3) is 6.30. The molecule has 39 heavy (non-hydrogen) atoms. The van der Waals surface area contributed by atoms with Crippen molar-refractivity contribution in [2.45, 2.75) is 32.2 Å². The monoisotopic (exact) mass is 557 g/mol. The standard InChI is InChI=1S/C28H23ClF3N3O4/c1-15-23(17-7-11-19(12-8-17)28(30,31)32)34-35-24(15)25(21-5-3-4-6-22(21)29)39-16(2)26(36)33-20-13-9-18(10-14-20)27(37)38/h3-14,16,25H,1-2H3,(H,33,36)(H,34,35)(H,37,38). The second kappa shape index (κ2) is 11.3. The molecule has 1 amide bonds. The van der Waals surface area contributed by atoms with E-state index in [9.17, 15) is 22.8 Å². The van der Waals surface area contributed by atoms with Crippen LogP contribution in [0.15, 0.2) is 72.8 Å². The van der Waals surface area contributed by atoms with E-state index in [1.807, 2.05) is 0 Å². The molecule has 4 rings (SSSR count). The quantitative estimate of drug-likeness (QED) is 0.219. The molecule has 0 aliphatic carbocycles. The van der Waals surface area contributed by atoms with Gasteiger partial charge in [-0.2, -0.15) is 18.3 Å². The number of benzene rings is 3. The summed E-state index contributed by atoms with van der Waals surface area (Å²) in [6.07, 6.45) is -6.35. The average molecular weight is 558 g/mol. The number of H-pyrrole nitrogens is 1. The predicted octanol–water partition coefficient (Wildman–Crippen LogP) is 6.89. The van der Waals surface area contributed by atoms with E-state index in [0.717, 1.165) is 12.1 Å². The van der Waals surface area contributed by atoms with Gasteiger partial charge in [-0.1, -0.05) is 41.9 Å². The third-order valence-electron chi connectivity index (χ3n) is 6.09. The van der Waals surface area contributed by atoms with Crippen LogP contribution in [-0.2, 0) is 15.7 Å². The lowest BCUT2D eigenvalue weighted by Gasteiger charge is -2.23. The summed E-state index contributed by atoms with van der Waals surface area (Å²) in [6, 6.07) is 17.2. The number of carbonyl (C=O) groups is 2. The second-order valence-corrected chi connectivity index (χ2v) is 9.14. The molecule has 4 aromatic rings. The van der Waals surface area contributed by atoms with Gasteiger partial charge in [-0.15, -0.1) is 0 Å². The van der Waals surface area contributed by atoms with Crippen LogP contribution in [0, 0.1) is 6.92 Å². The summed E-state index contributed by atoms with van der Waals surface area (Å²) in [7, 11) is 0. The van der Waals surface area contributed by atoms with E-state index < -0.39 is 35.8 Å². The summed E-state index contributed by atoms with van der Waals surface area (Å²) in [5, 5.41) is 19.4. The molecule has 0 aliphatic rings. The van der Waals surface area contributed by atoms with Crippen molar-refractivity contribution in [1.29, 1.82) is 0 Å².